The van der Waals surface area contributed by atoms with E-state index in [-0.39, 0.29) is 0 Å². The van der Waals surface area contributed by atoms with Crippen molar-refractivity contribution in [3.8, 4) is 11.8 Å². The molecule has 0 aliphatic heterocycles. The molecule has 2 rings (SSSR count). The summed E-state index contributed by atoms with van der Waals surface area (Å²) in [5, 5.41) is 14.4. The van der Waals surface area contributed by atoms with Gasteiger partial charge in [0.25, 0.3) is 0 Å². The van der Waals surface area contributed by atoms with Crippen LogP contribution in [0.3, 0.4) is 0 Å². The second kappa shape index (κ2) is 5.19. The van der Waals surface area contributed by atoms with E-state index in [1.165, 1.54) is 6.20 Å². The van der Waals surface area contributed by atoms with Gasteiger partial charge in [0.1, 0.15) is 11.8 Å². The van der Waals surface area contributed by atoms with Gasteiger partial charge >= 0.3 is 0 Å². The summed E-state index contributed by atoms with van der Waals surface area (Å²) in [5.74, 6) is 0. The van der Waals surface area contributed by atoms with Crippen LogP contribution in [-0.2, 0) is 6.42 Å². The number of hydrogen-bond donors (Lipinski definition) is 0. The van der Waals surface area contributed by atoms with Crippen molar-refractivity contribution >= 4 is 34.8 Å². The molecule has 0 aliphatic rings. The van der Waals surface area contributed by atoms with Gasteiger partial charge < -0.3 is 0 Å². The van der Waals surface area contributed by atoms with E-state index < -0.39 is 0 Å². The van der Waals surface area contributed by atoms with Crippen molar-refractivity contribution < 1.29 is 0 Å². The zero-order valence-electron chi connectivity index (χ0n) is 9.41. The standard InChI is InChI=1S/C12H8Cl3N3/c1-2-11-7(5-16)6-17-18(11)12-9(14)3-8(13)4-10(12)15/h3-4,6H,2H2,1H3. The number of hydrogen-bond acceptors (Lipinski definition) is 2. The van der Waals surface area contributed by atoms with Gasteiger partial charge in [-0.3, -0.25) is 0 Å². The lowest BCUT2D eigenvalue weighted by Crippen LogP contribution is -2.03. The molecule has 0 saturated heterocycles. The predicted molar refractivity (Wildman–Crippen MR) is 72.7 cm³/mol. The van der Waals surface area contributed by atoms with Crippen LogP contribution in [0.5, 0.6) is 0 Å². The molecule has 3 nitrogen and oxygen atoms in total. The van der Waals surface area contributed by atoms with Crippen LogP contribution in [0.2, 0.25) is 15.1 Å². The maximum atomic E-state index is 9.00. The number of nitrogens with zero attached hydrogens (tertiary/aromatic N) is 3. The third kappa shape index (κ3) is 2.20. The molecule has 0 fully saturated rings. The molecule has 6 heteroatoms. The van der Waals surface area contributed by atoms with Gasteiger partial charge in [-0.05, 0) is 18.6 Å². The van der Waals surface area contributed by atoms with Gasteiger partial charge in [-0.15, -0.1) is 0 Å². The van der Waals surface area contributed by atoms with Crippen molar-refractivity contribution in [2.45, 2.75) is 13.3 Å². The zero-order valence-corrected chi connectivity index (χ0v) is 11.7. The molecule has 0 spiro atoms. The van der Waals surface area contributed by atoms with Crippen LogP contribution < -0.4 is 0 Å². The van der Waals surface area contributed by atoms with Crippen LogP contribution >= 0.6 is 34.8 Å². The second-order valence-corrected chi connectivity index (χ2v) is 4.85. The Kier molecular flexibility index (Phi) is 3.82. The monoisotopic (exact) mass is 299 g/mol. The van der Waals surface area contributed by atoms with Gasteiger partial charge in [0.2, 0.25) is 0 Å². The summed E-state index contributed by atoms with van der Waals surface area (Å²) >= 11 is 18.1. The van der Waals surface area contributed by atoms with Gasteiger partial charge in [-0.25, -0.2) is 4.68 Å². The number of halogens is 3. The number of benzene rings is 1. The summed E-state index contributed by atoms with van der Waals surface area (Å²) in [6.07, 6.45) is 2.15. The summed E-state index contributed by atoms with van der Waals surface area (Å²) in [4.78, 5) is 0. The highest BCUT2D eigenvalue weighted by atomic mass is 35.5. The highest BCUT2D eigenvalue weighted by Crippen LogP contribution is 2.33. The minimum absolute atomic E-state index is 0.398. The molecule has 2 aromatic rings. The van der Waals surface area contributed by atoms with E-state index in [1.807, 2.05) is 6.92 Å². The second-order valence-electron chi connectivity index (χ2n) is 3.60. The highest BCUT2D eigenvalue weighted by Gasteiger charge is 2.16. The van der Waals surface area contributed by atoms with Crippen molar-refractivity contribution in [2.24, 2.45) is 0 Å². The average molecular weight is 301 g/mol. The number of nitriles is 1. The molecular weight excluding hydrogens is 293 g/mol. The Hall–Kier alpha value is -1.21. The van der Waals surface area contributed by atoms with E-state index in [0.717, 1.165) is 5.69 Å². The quantitative estimate of drug-likeness (QED) is 0.831. The minimum atomic E-state index is 0.398. The summed E-state index contributed by atoms with van der Waals surface area (Å²) in [6, 6.07) is 5.28. The van der Waals surface area contributed by atoms with Gasteiger partial charge in [0.15, 0.2) is 0 Å². The van der Waals surface area contributed by atoms with Crippen LogP contribution in [0.15, 0.2) is 18.3 Å². The molecule has 0 aliphatic carbocycles. The van der Waals surface area contributed by atoms with Gasteiger partial charge in [0, 0.05) is 5.02 Å². The molecular formula is C12H8Cl3N3. The van der Waals surface area contributed by atoms with Crippen molar-refractivity contribution in [1.29, 1.82) is 5.26 Å². The first kappa shape index (κ1) is 13.2. The predicted octanol–water partition coefficient (Wildman–Crippen LogP) is 4.27. The van der Waals surface area contributed by atoms with Crippen molar-refractivity contribution in [2.75, 3.05) is 0 Å². The fraction of sp³-hybridized carbons (Fsp3) is 0.167. The van der Waals surface area contributed by atoms with E-state index in [1.54, 1.807) is 16.8 Å². The molecule has 18 heavy (non-hydrogen) atoms. The molecule has 92 valence electrons. The van der Waals surface area contributed by atoms with E-state index in [9.17, 15) is 0 Å². The average Bonchev–Trinajstić information content (AvgIpc) is 2.70. The number of rotatable bonds is 2. The Bertz CT molecular complexity index is 617. The molecule has 0 saturated carbocycles. The first-order valence-corrected chi connectivity index (χ1v) is 6.33. The lowest BCUT2D eigenvalue weighted by Gasteiger charge is -2.10. The SMILES string of the molecule is CCc1c(C#N)cnn1-c1c(Cl)cc(Cl)cc1Cl. The highest BCUT2D eigenvalue weighted by molar-refractivity contribution is 6.40. The molecule has 0 unspecified atom stereocenters. The van der Waals surface area contributed by atoms with Crippen molar-refractivity contribution in [3.05, 3.63) is 44.7 Å². The molecule has 0 N–H and O–H groups in total. The minimum Gasteiger partial charge on any atom is -0.233 e. The van der Waals surface area contributed by atoms with Gasteiger partial charge in [-0.1, -0.05) is 41.7 Å². The Morgan fingerprint density at radius 1 is 1.28 bits per heavy atom. The fourth-order valence-electron chi connectivity index (χ4n) is 1.74. The molecule has 0 amide bonds. The lowest BCUT2D eigenvalue weighted by atomic mass is 10.2. The van der Waals surface area contributed by atoms with E-state index in [4.69, 9.17) is 40.1 Å². The van der Waals surface area contributed by atoms with E-state index in [0.29, 0.717) is 32.7 Å². The summed E-state index contributed by atoms with van der Waals surface area (Å²) < 4.78 is 1.58. The van der Waals surface area contributed by atoms with Crippen LogP contribution in [0, 0.1) is 11.3 Å². The van der Waals surface area contributed by atoms with E-state index >= 15 is 0 Å². The molecule has 0 atom stereocenters. The smallest absolute Gasteiger partial charge is 0.103 e. The molecule has 1 aromatic carbocycles. The van der Waals surface area contributed by atoms with E-state index in [2.05, 4.69) is 11.2 Å². The fourth-order valence-corrected chi connectivity index (χ4v) is 2.71. The number of aromatic nitrogens is 2. The molecule has 1 aromatic heterocycles. The van der Waals surface area contributed by atoms with Crippen LogP contribution in [0.1, 0.15) is 18.2 Å². The van der Waals surface area contributed by atoms with Crippen molar-refractivity contribution in [3.63, 3.8) is 0 Å². The largest absolute Gasteiger partial charge is 0.233 e. The lowest BCUT2D eigenvalue weighted by molar-refractivity contribution is 0.813. The van der Waals surface area contributed by atoms with Crippen LogP contribution in [-0.4, -0.2) is 9.78 Å². The van der Waals surface area contributed by atoms with Crippen LogP contribution in [0.25, 0.3) is 5.69 Å². The Labute approximate surface area is 119 Å². The Morgan fingerprint density at radius 3 is 2.39 bits per heavy atom. The molecule has 0 bridgehead atoms. The zero-order chi connectivity index (χ0) is 13.3. The summed E-state index contributed by atoms with van der Waals surface area (Å²) in [5.41, 5.74) is 1.82. The third-order valence-electron chi connectivity index (χ3n) is 2.52. The molecule has 1 heterocycles. The topological polar surface area (TPSA) is 41.6 Å². The Morgan fingerprint density at radius 2 is 1.89 bits per heavy atom. The summed E-state index contributed by atoms with van der Waals surface area (Å²) in [6.45, 7) is 1.94. The third-order valence-corrected chi connectivity index (χ3v) is 3.31. The molecule has 0 radical (unpaired) electrons. The normalized spacial score (nSPS) is 10.4. The summed E-state index contributed by atoms with van der Waals surface area (Å²) in [7, 11) is 0. The van der Waals surface area contributed by atoms with Gasteiger partial charge in [-0.2, -0.15) is 10.4 Å². The maximum absolute atomic E-state index is 9.00. The Balaban J connectivity index is 2.70. The van der Waals surface area contributed by atoms with Crippen molar-refractivity contribution in [1.82, 2.24) is 9.78 Å². The van der Waals surface area contributed by atoms with Crippen LogP contribution in [0.4, 0.5) is 0 Å². The van der Waals surface area contributed by atoms with Gasteiger partial charge in [0.05, 0.1) is 27.5 Å². The maximum Gasteiger partial charge on any atom is 0.103 e. The first-order chi connectivity index (χ1) is 8.58. The first-order valence-electron chi connectivity index (χ1n) is 5.20.